The molecule has 0 aromatic rings. The first-order valence-electron chi connectivity index (χ1n) is 19.4. The molecule has 4 saturated heterocycles. The smallest absolute Gasteiger partial charge is 0.311 e. The Bertz CT molecular complexity index is 1260. The van der Waals surface area contributed by atoms with Crippen molar-refractivity contribution >= 4 is 11.8 Å². The number of hydrogen-bond acceptors (Lipinski definition) is 14. The normalized spacial score (nSPS) is 50.5. The minimum absolute atomic E-state index is 0.132. The van der Waals surface area contributed by atoms with E-state index in [1.807, 2.05) is 53.6 Å². The lowest BCUT2D eigenvalue weighted by Gasteiger charge is -2.50. The van der Waals surface area contributed by atoms with E-state index in [1.54, 1.807) is 34.8 Å². The van der Waals surface area contributed by atoms with Crippen molar-refractivity contribution in [1.82, 2.24) is 4.90 Å². The SMILES string of the molecule is CC[C@H]1OC(=O)C(C)C(OC2CC(C)(OC)C3(CO3)C(C)O2)C(C)C(OC2OC(C)CC(N(C)C)C2O)C(C)(OC)CC(C)C(=O)C(C)C(O)C1(C)O. The van der Waals surface area contributed by atoms with Crippen LogP contribution in [0.15, 0.2) is 0 Å². The molecule has 0 amide bonds. The second-order valence-corrected chi connectivity index (χ2v) is 17.2. The largest absolute Gasteiger partial charge is 0.459 e. The number of epoxide rings is 1. The van der Waals surface area contributed by atoms with Gasteiger partial charge in [-0.1, -0.05) is 27.7 Å². The predicted octanol–water partition coefficient (Wildman–Crippen LogP) is 2.85. The van der Waals surface area contributed by atoms with Gasteiger partial charge in [0.1, 0.15) is 34.8 Å². The molecule has 4 rings (SSSR count). The van der Waals surface area contributed by atoms with Crippen molar-refractivity contribution in [3.63, 3.8) is 0 Å². The first-order chi connectivity index (χ1) is 24.5. The maximum absolute atomic E-state index is 14.3. The standard InChI is InChI=1S/C39H69NO13/c1-15-27-38(10,45)32(43)22(4)29(41)20(2)17-36(8,46-13)33(53-35-30(42)26(40(11)12)16-21(3)49-35)23(5)31(24(6)34(44)51-27)52-28-18-37(9,47-14)39(19-48-39)25(7)50-28/h20-28,30-33,35,42-43,45H,15-19H2,1-14H3/t20?,21?,22?,23?,24?,25?,26?,27-,28?,30?,31?,32?,33?,35?,36?,37?,38?,39?/m1/s1. The Hall–Kier alpha value is -1.30. The zero-order chi connectivity index (χ0) is 40.0. The van der Waals surface area contributed by atoms with E-state index in [0.717, 1.165) is 0 Å². The molecule has 0 bridgehead atoms. The highest BCUT2D eigenvalue weighted by atomic mass is 16.7. The molecule has 0 saturated carbocycles. The minimum atomic E-state index is -1.95. The van der Waals surface area contributed by atoms with Crippen molar-refractivity contribution in [3.05, 3.63) is 0 Å². The highest BCUT2D eigenvalue weighted by Gasteiger charge is 2.67. The number of Topliss-reactive ketones (excluding diaryl/α,β-unsaturated/α-hetero) is 1. The third-order valence-corrected chi connectivity index (χ3v) is 13.2. The molecule has 14 nitrogen and oxygen atoms in total. The van der Waals surface area contributed by atoms with E-state index in [-0.39, 0.29) is 30.8 Å². The van der Waals surface area contributed by atoms with Gasteiger partial charge in [-0.25, -0.2) is 0 Å². The predicted molar refractivity (Wildman–Crippen MR) is 194 cm³/mol. The van der Waals surface area contributed by atoms with Crippen molar-refractivity contribution in [1.29, 1.82) is 0 Å². The topological polar surface area (TPSA) is 175 Å². The van der Waals surface area contributed by atoms with E-state index in [9.17, 15) is 24.9 Å². The van der Waals surface area contributed by atoms with E-state index >= 15 is 0 Å². The van der Waals surface area contributed by atoms with Crippen LogP contribution in [0.4, 0.5) is 0 Å². The lowest BCUT2D eigenvalue weighted by atomic mass is 9.73. The molecule has 0 aromatic carbocycles. The lowest BCUT2D eigenvalue weighted by Crippen LogP contribution is -2.62. The summed E-state index contributed by atoms with van der Waals surface area (Å²) in [5, 5.41) is 34.8. The fourth-order valence-corrected chi connectivity index (χ4v) is 9.25. The zero-order valence-corrected chi connectivity index (χ0v) is 34.5. The number of hydrogen-bond donors (Lipinski definition) is 3. The van der Waals surface area contributed by atoms with E-state index < -0.39 is 101 Å². The van der Waals surface area contributed by atoms with Gasteiger partial charge in [-0.05, 0) is 74.9 Å². The van der Waals surface area contributed by atoms with Crippen LogP contribution >= 0.6 is 0 Å². The number of aliphatic hydroxyl groups is 3. The highest BCUT2D eigenvalue weighted by molar-refractivity contribution is 5.83. The third kappa shape index (κ3) is 8.53. The van der Waals surface area contributed by atoms with Gasteiger partial charge in [-0.3, -0.25) is 9.59 Å². The summed E-state index contributed by atoms with van der Waals surface area (Å²) in [6.45, 7) is 18.1. The summed E-state index contributed by atoms with van der Waals surface area (Å²) in [5.74, 6) is -4.31. The van der Waals surface area contributed by atoms with Gasteiger partial charge in [0.05, 0.1) is 48.6 Å². The summed E-state index contributed by atoms with van der Waals surface area (Å²) >= 11 is 0. The Kier molecular flexibility index (Phi) is 14.0. The number of esters is 1. The summed E-state index contributed by atoms with van der Waals surface area (Å²) < 4.78 is 50.6. The van der Waals surface area contributed by atoms with Crippen LogP contribution in [0, 0.1) is 23.7 Å². The maximum atomic E-state index is 14.3. The molecule has 4 heterocycles. The molecule has 17 unspecified atom stereocenters. The van der Waals surface area contributed by atoms with Crippen LogP contribution in [0.25, 0.3) is 0 Å². The van der Waals surface area contributed by atoms with Crippen molar-refractivity contribution in [2.75, 3.05) is 34.9 Å². The van der Waals surface area contributed by atoms with E-state index in [0.29, 0.717) is 19.4 Å². The van der Waals surface area contributed by atoms with Crippen LogP contribution < -0.4 is 0 Å². The van der Waals surface area contributed by atoms with Crippen LogP contribution in [0.1, 0.15) is 94.9 Å². The van der Waals surface area contributed by atoms with Gasteiger partial charge >= 0.3 is 5.97 Å². The van der Waals surface area contributed by atoms with Crippen molar-refractivity contribution in [3.8, 4) is 0 Å². The first kappa shape index (κ1) is 44.4. The number of ketones is 1. The highest BCUT2D eigenvalue weighted by Crippen LogP contribution is 2.51. The fraction of sp³-hybridized carbons (Fsp3) is 0.949. The van der Waals surface area contributed by atoms with Crippen LogP contribution in [0.2, 0.25) is 0 Å². The van der Waals surface area contributed by atoms with E-state index in [2.05, 4.69) is 0 Å². The molecule has 0 aromatic heterocycles. The number of nitrogens with zero attached hydrogens (tertiary/aromatic N) is 1. The van der Waals surface area contributed by atoms with Gasteiger partial charge < -0.3 is 58.1 Å². The van der Waals surface area contributed by atoms with Crippen LogP contribution in [-0.4, -0.2) is 151 Å². The molecule has 14 heteroatoms. The number of methoxy groups -OCH3 is 2. The Labute approximate surface area is 316 Å². The molecule has 0 aliphatic carbocycles. The Morgan fingerprint density at radius 2 is 1.53 bits per heavy atom. The summed E-state index contributed by atoms with van der Waals surface area (Å²) in [7, 11) is 6.94. The van der Waals surface area contributed by atoms with Gasteiger partial charge in [-0.2, -0.15) is 0 Å². The second-order valence-electron chi connectivity index (χ2n) is 17.2. The molecule has 0 radical (unpaired) electrons. The molecule has 53 heavy (non-hydrogen) atoms. The monoisotopic (exact) mass is 759 g/mol. The number of ether oxygens (including phenoxy) is 8. The Morgan fingerprint density at radius 3 is 2.06 bits per heavy atom. The number of carbonyl (C=O) groups excluding carboxylic acids is 2. The van der Waals surface area contributed by atoms with Gasteiger partial charge in [0.15, 0.2) is 12.6 Å². The van der Waals surface area contributed by atoms with Gasteiger partial charge in [0, 0.05) is 44.4 Å². The molecule has 4 fully saturated rings. The molecular weight excluding hydrogens is 690 g/mol. The Balaban J connectivity index is 1.85. The first-order valence-corrected chi connectivity index (χ1v) is 19.4. The number of carbonyl (C=O) groups is 2. The molecule has 4 aliphatic rings. The summed E-state index contributed by atoms with van der Waals surface area (Å²) in [6.07, 6.45) is -7.01. The maximum Gasteiger partial charge on any atom is 0.311 e. The van der Waals surface area contributed by atoms with Crippen molar-refractivity contribution in [2.45, 2.75) is 179 Å². The average molecular weight is 760 g/mol. The summed E-state index contributed by atoms with van der Waals surface area (Å²) in [5.41, 5.74) is -4.56. The fourth-order valence-electron chi connectivity index (χ4n) is 9.25. The number of likely N-dealkylation sites (N-methyl/N-ethyl adjacent to an activating group) is 1. The molecule has 308 valence electrons. The molecule has 1 spiro atoms. The number of rotatable bonds is 8. The Morgan fingerprint density at radius 1 is 0.906 bits per heavy atom. The number of cyclic esters (lactones) is 1. The molecule has 4 aliphatic heterocycles. The third-order valence-electron chi connectivity index (χ3n) is 13.2. The van der Waals surface area contributed by atoms with E-state index in [4.69, 9.17) is 37.9 Å². The van der Waals surface area contributed by atoms with Crippen molar-refractivity contribution < 1.29 is 62.8 Å². The van der Waals surface area contributed by atoms with Crippen LogP contribution in [-0.2, 0) is 47.5 Å². The van der Waals surface area contributed by atoms with E-state index in [1.165, 1.54) is 14.0 Å². The second kappa shape index (κ2) is 16.7. The van der Waals surface area contributed by atoms with Crippen LogP contribution in [0.3, 0.4) is 0 Å². The quantitative estimate of drug-likeness (QED) is 0.243. The van der Waals surface area contributed by atoms with Gasteiger partial charge in [0.25, 0.3) is 0 Å². The molecule has 18 atom stereocenters. The van der Waals surface area contributed by atoms with Gasteiger partial charge in [-0.15, -0.1) is 0 Å². The minimum Gasteiger partial charge on any atom is -0.459 e. The molecular formula is C39H69NO13. The number of aliphatic hydroxyl groups excluding tert-OH is 2. The molecule has 3 N–H and O–H groups in total. The zero-order valence-electron chi connectivity index (χ0n) is 34.5. The lowest BCUT2D eigenvalue weighted by molar-refractivity contribution is -0.316. The summed E-state index contributed by atoms with van der Waals surface area (Å²) in [6, 6.07) is -0.269. The van der Waals surface area contributed by atoms with Crippen LogP contribution in [0.5, 0.6) is 0 Å². The van der Waals surface area contributed by atoms with Crippen molar-refractivity contribution in [2.24, 2.45) is 23.7 Å². The summed E-state index contributed by atoms with van der Waals surface area (Å²) in [4.78, 5) is 30.2. The average Bonchev–Trinajstić information content (AvgIpc) is 3.92. The van der Waals surface area contributed by atoms with Gasteiger partial charge in [0.2, 0.25) is 0 Å².